The third-order valence-corrected chi connectivity index (χ3v) is 7.33. The highest BCUT2D eigenvalue weighted by Crippen LogP contribution is 2.30. The van der Waals surface area contributed by atoms with E-state index in [1.807, 2.05) is 32.8 Å². The third kappa shape index (κ3) is 9.73. The summed E-state index contributed by atoms with van der Waals surface area (Å²) in [5, 5.41) is 13.6. The number of carbonyl (C=O) groups excluding carboxylic acids is 3. The molecule has 1 atom stereocenters. The van der Waals surface area contributed by atoms with E-state index < -0.39 is 41.3 Å². The number of ether oxygens (including phenoxy) is 1. The molecule has 1 aliphatic rings. The molecule has 3 rings (SSSR count). The zero-order valence-electron chi connectivity index (χ0n) is 23.5. The number of thioether (sulfide) groups is 1. The van der Waals surface area contributed by atoms with Gasteiger partial charge in [-0.25, -0.2) is 0 Å². The summed E-state index contributed by atoms with van der Waals surface area (Å²) in [6.45, 7) is 4.57. The van der Waals surface area contributed by atoms with Crippen molar-refractivity contribution in [2.45, 2.75) is 75.5 Å². The normalized spacial score (nSPS) is 15.9. The molecule has 14 heteroatoms. The minimum absolute atomic E-state index is 0.0226. The van der Waals surface area contributed by atoms with Gasteiger partial charge in [0.15, 0.2) is 0 Å². The number of ketones is 1. The predicted molar refractivity (Wildman–Crippen MR) is 146 cm³/mol. The van der Waals surface area contributed by atoms with Gasteiger partial charge in [-0.3, -0.25) is 14.4 Å². The maximum absolute atomic E-state index is 13.8. The lowest BCUT2D eigenvalue weighted by atomic mass is 9.80. The summed E-state index contributed by atoms with van der Waals surface area (Å²) in [6, 6.07) is 3.66. The Kier molecular flexibility index (Phi) is 11.2. The van der Waals surface area contributed by atoms with Crippen LogP contribution in [0.1, 0.15) is 73.4 Å². The van der Waals surface area contributed by atoms with Crippen LogP contribution in [-0.4, -0.2) is 77.0 Å². The first kappa shape index (κ1) is 32.4. The van der Waals surface area contributed by atoms with Crippen LogP contribution in [0.5, 0.6) is 5.75 Å². The Labute approximate surface area is 241 Å². The number of nitrogens with zero attached hydrogens (tertiary/aromatic N) is 3. The standard InChI is InChI=1S/C27H36F3N5O5S/c1-17(2)15-20(21(36)23-33-34-25(39-23)41-14-13-35(3)4)31-24(38)26(11-6-5-7-12-26)32-22(37)18-9-8-10-19(16-18)40-27(28,29)30/h8-10,16-17,20H,5-7,11-15H2,1-4H3,(H,31,38)(H,32,37). The molecule has 1 aromatic heterocycles. The van der Waals surface area contributed by atoms with Crippen molar-refractivity contribution in [3.05, 3.63) is 35.7 Å². The van der Waals surface area contributed by atoms with Crippen molar-refractivity contribution in [2.75, 3.05) is 26.4 Å². The van der Waals surface area contributed by atoms with Crippen LogP contribution in [0.4, 0.5) is 13.2 Å². The Morgan fingerprint density at radius 1 is 1.15 bits per heavy atom. The summed E-state index contributed by atoms with van der Waals surface area (Å²) in [4.78, 5) is 42.3. The van der Waals surface area contributed by atoms with Crippen molar-refractivity contribution in [3.63, 3.8) is 0 Å². The number of alkyl halides is 3. The van der Waals surface area contributed by atoms with Crippen LogP contribution < -0.4 is 15.4 Å². The molecule has 10 nitrogen and oxygen atoms in total. The Bertz CT molecular complexity index is 1200. The van der Waals surface area contributed by atoms with Crippen LogP contribution in [0.15, 0.2) is 33.9 Å². The number of aromatic nitrogens is 2. The molecule has 1 saturated carbocycles. The molecule has 2 N–H and O–H groups in total. The second-order valence-electron chi connectivity index (χ2n) is 10.7. The van der Waals surface area contributed by atoms with Gasteiger partial charge in [-0.1, -0.05) is 50.9 Å². The van der Waals surface area contributed by atoms with Crippen LogP contribution in [0.3, 0.4) is 0 Å². The lowest BCUT2D eigenvalue weighted by Crippen LogP contribution is -2.62. The van der Waals surface area contributed by atoms with Crippen molar-refractivity contribution < 1.29 is 36.7 Å². The highest BCUT2D eigenvalue weighted by Gasteiger charge is 2.43. The number of halogens is 3. The second-order valence-corrected chi connectivity index (χ2v) is 11.8. The van der Waals surface area contributed by atoms with Crippen molar-refractivity contribution in [2.24, 2.45) is 5.92 Å². The van der Waals surface area contributed by atoms with E-state index in [1.165, 1.54) is 23.9 Å². The van der Waals surface area contributed by atoms with Crippen molar-refractivity contribution in [1.29, 1.82) is 0 Å². The summed E-state index contributed by atoms with van der Waals surface area (Å²) in [6.07, 6.45) is -1.88. The average molecular weight is 600 g/mol. The number of hydrogen-bond donors (Lipinski definition) is 2. The first-order valence-electron chi connectivity index (χ1n) is 13.4. The predicted octanol–water partition coefficient (Wildman–Crippen LogP) is 4.47. The summed E-state index contributed by atoms with van der Waals surface area (Å²) >= 11 is 1.32. The Balaban J connectivity index is 1.78. The van der Waals surface area contributed by atoms with E-state index >= 15 is 0 Å². The van der Waals surface area contributed by atoms with E-state index in [0.29, 0.717) is 31.4 Å². The molecular weight excluding hydrogens is 563 g/mol. The molecule has 1 unspecified atom stereocenters. The van der Waals surface area contributed by atoms with Gasteiger partial charge in [0.05, 0.1) is 6.04 Å². The fraction of sp³-hybridized carbons (Fsp3) is 0.593. The minimum atomic E-state index is -4.92. The number of rotatable bonds is 13. The maximum Gasteiger partial charge on any atom is 0.573 e. The molecule has 1 fully saturated rings. The number of nitrogens with one attached hydrogen (secondary N) is 2. The largest absolute Gasteiger partial charge is 0.573 e. The Hall–Kier alpha value is -3.13. The summed E-state index contributed by atoms with van der Waals surface area (Å²) in [5.41, 5.74) is -1.45. The molecule has 0 bridgehead atoms. The van der Waals surface area contributed by atoms with Crippen molar-refractivity contribution >= 4 is 29.4 Å². The SMILES string of the molecule is CC(C)CC(NC(=O)C1(NC(=O)c2cccc(OC(F)(F)F)c2)CCCCC1)C(=O)c1nnc(SCCN(C)C)o1. The van der Waals surface area contributed by atoms with E-state index in [0.717, 1.165) is 25.1 Å². The van der Waals surface area contributed by atoms with Gasteiger partial charge in [-0.2, -0.15) is 0 Å². The van der Waals surface area contributed by atoms with Crippen LogP contribution in [0.25, 0.3) is 0 Å². The van der Waals surface area contributed by atoms with E-state index in [2.05, 4.69) is 25.6 Å². The van der Waals surface area contributed by atoms with Crippen LogP contribution in [0, 0.1) is 5.92 Å². The fourth-order valence-corrected chi connectivity index (χ4v) is 5.39. The lowest BCUT2D eigenvalue weighted by Gasteiger charge is -2.37. The van der Waals surface area contributed by atoms with Gasteiger partial charge in [0.25, 0.3) is 17.0 Å². The molecule has 1 heterocycles. The van der Waals surface area contributed by atoms with Gasteiger partial charge >= 0.3 is 6.36 Å². The fourth-order valence-electron chi connectivity index (χ4n) is 4.52. The summed E-state index contributed by atoms with van der Waals surface area (Å²) < 4.78 is 47.5. The minimum Gasteiger partial charge on any atom is -0.408 e. The molecule has 226 valence electrons. The number of hydrogen-bond acceptors (Lipinski definition) is 9. The van der Waals surface area contributed by atoms with Gasteiger partial charge < -0.3 is 24.7 Å². The molecule has 1 aromatic carbocycles. The van der Waals surface area contributed by atoms with E-state index in [-0.39, 0.29) is 29.0 Å². The average Bonchev–Trinajstić information content (AvgIpc) is 3.36. The van der Waals surface area contributed by atoms with Gasteiger partial charge in [0.1, 0.15) is 11.3 Å². The maximum atomic E-state index is 13.8. The summed E-state index contributed by atoms with van der Waals surface area (Å²) in [7, 11) is 3.87. The number of benzene rings is 1. The van der Waals surface area contributed by atoms with Crippen molar-refractivity contribution in [3.8, 4) is 5.75 Å². The molecule has 41 heavy (non-hydrogen) atoms. The highest BCUT2D eigenvalue weighted by molar-refractivity contribution is 7.99. The second kappa shape index (κ2) is 14.2. The number of Topliss-reactive ketones (excluding diaryl/α,β-unsaturated/α-hetero) is 1. The third-order valence-electron chi connectivity index (χ3n) is 6.53. The quantitative estimate of drug-likeness (QED) is 0.253. The Morgan fingerprint density at radius 2 is 1.85 bits per heavy atom. The monoisotopic (exact) mass is 599 g/mol. The molecular formula is C27H36F3N5O5S. The first-order valence-corrected chi connectivity index (χ1v) is 14.4. The number of amides is 2. The molecule has 0 spiro atoms. The lowest BCUT2D eigenvalue weighted by molar-refractivity contribution is -0.274. The smallest absolute Gasteiger partial charge is 0.408 e. The molecule has 0 aliphatic heterocycles. The molecule has 0 saturated heterocycles. The van der Waals surface area contributed by atoms with Gasteiger partial charge in [-0.15, -0.1) is 23.4 Å². The molecule has 2 aromatic rings. The number of carbonyl (C=O) groups is 3. The Morgan fingerprint density at radius 3 is 2.49 bits per heavy atom. The zero-order valence-corrected chi connectivity index (χ0v) is 24.4. The van der Waals surface area contributed by atoms with E-state index in [4.69, 9.17) is 4.42 Å². The topological polar surface area (TPSA) is 127 Å². The van der Waals surface area contributed by atoms with Gasteiger partial charge in [0, 0.05) is 17.9 Å². The molecule has 2 amide bonds. The van der Waals surface area contributed by atoms with Gasteiger partial charge in [-0.05, 0) is 57.5 Å². The first-order chi connectivity index (χ1) is 19.3. The van der Waals surface area contributed by atoms with E-state index in [9.17, 15) is 27.6 Å². The zero-order chi connectivity index (χ0) is 30.2. The van der Waals surface area contributed by atoms with Gasteiger partial charge in [0.2, 0.25) is 11.7 Å². The van der Waals surface area contributed by atoms with Crippen LogP contribution in [0.2, 0.25) is 0 Å². The molecule has 1 aliphatic carbocycles. The summed E-state index contributed by atoms with van der Waals surface area (Å²) in [5.74, 6) is -1.87. The highest BCUT2D eigenvalue weighted by atomic mass is 32.2. The van der Waals surface area contributed by atoms with Crippen molar-refractivity contribution in [1.82, 2.24) is 25.7 Å². The molecule has 0 radical (unpaired) electrons. The van der Waals surface area contributed by atoms with E-state index in [1.54, 1.807) is 0 Å². The van der Waals surface area contributed by atoms with Crippen LogP contribution >= 0.6 is 11.8 Å². The van der Waals surface area contributed by atoms with Crippen LogP contribution in [-0.2, 0) is 4.79 Å².